The Balaban J connectivity index is 2.64. The van der Waals surface area contributed by atoms with Crippen molar-refractivity contribution in [3.63, 3.8) is 0 Å². The molecule has 88 valence electrons. The Kier molecular flexibility index (Phi) is 4.99. The summed E-state index contributed by atoms with van der Waals surface area (Å²) in [6.45, 7) is 4.80. The van der Waals surface area contributed by atoms with E-state index in [1.54, 1.807) is 0 Å². The summed E-state index contributed by atoms with van der Waals surface area (Å²) < 4.78 is 4.93. The molecule has 0 spiro atoms. The van der Waals surface area contributed by atoms with Crippen LogP contribution in [-0.2, 0) is 16.1 Å². The lowest BCUT2D eigenvalue weighted by Gasteiger charge is -2.12. The average Bonchev–Trinajstić information content (AvgIpc) is 2.29. The zero-order chi connectivity index (χ0) is 12.0. The molecule has 0 radical (unpaired) electrons. The lowest BCUT2D eigenvalue weighted by molar-refractivity contribution is -0.143. The summed E-state index contributed by atoms with van der Waals surface area (Å²) in [6, 6.07) is 8.02. The summed E-state index contributed by atoms with van der Waals surface area (Å²) >= 11 is 0. The van der Waals surface area contributed by atoms with Crippen molar-refractivity contribution in [2.24, 2.45) is 5.73 Å². The third kappa shape index (κ3) is 3.66. The van der Waals surface area contributed by atoms with Gasteiger partial charge in [0, 0.05) is 6.54 Å². The second-order valence-electron chi connectivity index (χ2n) is 3.86. The van der Waals surface area contributed by atoms with Crippen LogP contribution in [-0.4, -0.2) is 12.6 Å². The van der Waals surface area contributed by atoms with Gasteiger partial charge in [0.15, 0.2) is 0 Å². The van der Waals surface area contributed by atoms with E-state index < -0.39 is 0 Å². The van der Waals surface area contributed by atoms with Crippen LogP contribution in [0.1, 0.15) is 37.3 Å². The number of ether oxygens (including phenoxy) is 1. The maximum atomic E-state index is 11.3. The summed E-state index contributed by atoms with van der Waals surface area (Å²) in [5, 5.41) is 0. The largest absolute Gasteiger partial charge is 0.466 e. The summed E-state index contributed by atoms with van der Waals surface area (Å²) in [6.07, 6.45) is 0.419. The standard InChI is InChI=1S/C13H19NO2/c1-3-16-13(15)7-10(2)12-6-4-5-11(8-12)9-14/h4-6,8,10H,3,7,9,14H2,1-2H3/t10-/m1/s1. The number of esters is 1. The van der Waals surface area contributed by atoms with E-state index in [9.17, 15) is 4.79 Å². The quantitative estimate of drug-likeness (QED) is 0.775. The number of benzene rings is 1. The minimum Gasteiger partial charge on any atom is -0.466 e. The third-order valence-corrected chi connectivity index (χ3v) is 2.53. The number of hydrogen-bond acceptors (Lipinski definition) is 3. The molecule has 1 aromatic carbocycles. The highest BCUT2D eigenvalue weighted by Crippen LogP contribution is 2.20. The van der Waals surface area contributed by atoms with Crippen LogP contribution in [0.4, 0.5) is 0 Å². The van der Waals surface area contributed by atoms with E-state index in [0.29, 0.717) is 19.6 Å². The summed E-state index contributed by atoms with van der Waals surface area (Å²) in [5.41, 5.74) is 7.80. The molecule has 0 aromatic heterocycles. The van der Waals surface area contributed by atoms with Crippen molar-refractivity contribution in [2.75, 3.05) is 6.61 Å². The minimum absolute atomic E-state index is 0.145. The van der Waals surface area contributed by atoms with E-state index in [2.05, 4.69) is 0 Å². The average molecular weight is 221 g/mol. The first-order valence-electron chi connectivity index (χ1n) is 5.62. The van der Waals surface area contributed by atoms with Gasteiger partial charge >= 0.3 is 5.97 Å². The molecule has 0 saturated carbocycles. The number of carbonyl (C=O) groups excluding carboxylic acids is 1. The third-order valence-electron chi connectivity index (χ3n) is 2.53. The van der Waals surface area contributed by atoms with Gasteiger partial charge in [0.25, 0.3) is 0 Å². The predicted molar refractivity (Wildman–Crippen MR) is 64.0 cm³/mol. The molecule has 3 heteroatoms. The normalized spacial score (nSPS) is 12.2. The van der Waals surface area contributed by atoms with E-state index in [0.717, 1.165) is 11.1 Å². The zero-order valence-corrected chi connectivity index (χ0v) is 9.90. The van der Waals surface area contributed by atoms with Crippen LogP contribution < -0.4 is 5.73 Å². The van der Waals surface area contributed by atoms with Crippen molar-refractivity contribution >= 4 is 5.97 Å². The highest BCUT2D eigenvalue weighted by molar-refractivity contribution is 5.70. The Morgan fingerprint density at radius 2 is 2.25 bits per heavy atom. The maximum Gasteiger partial charge on any atom is 0.306 e. The molecule has 1 aromatic rings. The molecule has 0 aliphatic heterocycles. The van der Waals surface area contributed by atoms with E-state index in [-0.39, 0.29) is 11.9 Å². The van der Waals surface area contributed by atoms with Crippen molar-refractivity contribution in [3.8, 4) is 0 Å². The molecule has 0 aliphatic rings. The summed E-state index contributed by atoms with van der Waals surface area (Å²) in [4.78, 5) is 11.3. The van der Waals surface area contributed by atoms with E-state index in [4.69, 9.17) is 10.5 Å². The molecule has 0 aliphatic carbocycles. The van der Waals surface area contributed by atoms with Crippen LogP contribution in [0.2, 0.25) is 0 Å². The fourth-order valence-electron chi connectivity index (χ4n) is 1.61. The molecule has 0 saturated heterocycles. The topological polar surface area (TPSA) is 52.3 Å². The van der Waals surface area contributed by atoms with E-state index >= 15 is 0 Å². The highest BCUT2D eigenvalue weighted by atomic mass is 16.5. The molecule has 1 atom stereocenters. The van der Waals surface area contributed by atoms with Crippen molar-refractivity contribution < 1.29 is 9.53 Å². The van der Waals surface area contributed by atoms with Crippen LogP contribution in [0.3, 0.4) is 0 Å². The first kappa shape index (κ1) is 12.7. The molecule has 3 nitrogen and oxygen atoms in total. The van der Waals surface area contributed by atoms with Gasteiger partial charge in [-0.3, -0.25) is 4.79 Å². The van der Waals surface area contributed by atoms with Crippen LogP contribution >= 0.6 is 0 Å². The van der Waals surface area contributed by atoms with Gasteiger partial charge in [0.05, 0.1) is 13.0 Å². The van der Waals surface area contributed by atoms with Crippen molar-refractivity contribution in [2.45, 2.75) is 32.7 Å². The first-order valence-corrected chi connectivity index (χ1v) is 5.62. The predicted octanol–water partition coefficient (Wildman–Crippen LogP) is 2.20. The van der Waals surface area contributed by atoms with Crippen LogP contribution in [0.25, 0.3) is 0 Å². The van der Waals surface area contributed by atoms with Gasteiger partial charge in [-0.1, -0.05) is 31.2 Å². The molecule has 16 heavy (non-hydrogen) atoms. The van der Waals surface area contributed by atoms with Crippen molar-refractivity contribution in [1.29, 1.82) is 0 Å². The molecule has 0 heterocycles. The Hall–Kier alpha value is -1.35. The fraction of sp³-hybridized carbons (Fsp3) is 0.462. The van der Waals surface area contributed by atoms with Gasteiger partial charge in [0.2, 0.25) is 0 Å². The number of nitrogens with two attached hydrogens (primary N) is 1. The Bertz CT molecular complexity index is 350. The zero-order valence-electron chi connectivity index (χ0n) is 9.90. The Morgan fingerprint density at radius 3 is 2.88 bits per heavy atom. The Morgan fingerprint density at radius 1 is 1.50 bits per heavy atom. The van der Waals surface area contributed by atoms with Gasteiger partial charge < -0.3 is 10.5 Å². The number of hydrogen-bond donors (Lipinski definition) is 1. The molecular weight excluding hydrogens is 202 g/mol. The summed E-state index contributed by atoms with van der Waals surface area (Å²) in [7, 11) is 0. The maximum absolute atomic E-state index is 11.3. The fourth-order valence-corrected chi connectivity index (χ4v) is 1.61. The Labute approximate surface area is 96.6 Å². The number of carbonyl (C=O) groups is 1. The molecule has 0 amide bonds. The van der Waals surface area contributed by atoms with Crippen LogP contribution in [0.15, 0.2) is 24.3 Å². The molecule has 0 bridgehead atoms. The number of rotatable bonds is 5. The lowest BCUT2D eigenvalue weighted by Crippen LogP contribution is -2.08. The van der Waals surface area contributed by atoms with Gasteiger partial charge in [-0.25, -0.2) is 0 Å². The molecule has 0 unspecified atom stereocenters. The smallest absolute Gasteiger partial charge is 0.306 e. The molecular formula is C13H19NO2. The van der Waals surface area contributed by atoms with Crippen molar-refractivity contribution in [1.82, 2.24) is 0 Å². The molecule has 2 N–H and O–H groups in total. The monoisotopic (exact) mass is 221 g/mol. The van der Waals surface area contributed by atoms with E-state index in [1.807, 2.05) is 38.1 Å². The van der Waals surface area contributed by atoms with Gasteiger partial charge in [-0.15, -0.1) is 0 Å². The highest BCUT2D eigenvalue weighted by Gasteiger charge is 2.11. The molecule has 1 rings (SSSR count). The van der Waals surface area contributed by atoms with E-state index in [1.165, 1.54) is 0 Å². The van der Waals surface area contributed by atoms with Gasteiger partial charge in [0.1, 0.15) is 0 Å². The van der Waals surface area contributed by atoms with Crippen LogP contribution in [0.5, 0.6) is 0 Å². The van der Waals surface area contributed by atoms with Gasteiger partial charge in [-0.05, 0) is 24.0 Å². The second kappa shape index (κ2) is 6.28. The lowest BCUT2D eigenvalue weighted by atomic mass is 9.96. The second-order valence-corrected chi connectivity index (χ2v) is 3.86. The summed E-state index contributed by atoms with van der Waals surface area (Å²) in [5.74, 6) is 0.0266. The van der Waals surface area contributed by atoms with Crippen molar-refractivity contribution in [3.05, 3.63) is 35.4 Å². The SMILES string of the molecule is CCOC(=O)C[C@@H](C)c1cccc(CN)c1. The molecule has 0 fully saturated rings. The van der Waals surface area contributed by atoms with Gasteiger partial charge in [-0.2, -0.15) is 0 Å². The van der Waals surface area contributed by atoms with Crippen LogP contribution in [0, 0.1) is 0 Å². The minimum atomic E-state index is -0.145. The first-order chi connectivity index (χ1) is 7.67.